The number of halogens is 3. The van der Waals surface area contributed by atoms with Gasteiger partial charge in [-0.3, -0.25) is 14.3 Å². The smallest absolute Gasteiger partial charge is 0.348 e. The molecule has 0 bridgehead atoms. The van der Waals surface area contributed by atoms with Gasteiger partial charge in [-0.05, 0) is 25.7 Å². The van der Waals surface area contributed by atoms with Crippen LogP contribution in [0.3, 0.4) is 0 Å². The van der Waals surface area contributed by atoms with Crippen molar-refractivity contribution in [1.82, 2.24) is 20.0 Å². The second kappa shape index (κ2) is 7.92. The van der Waals surface area contributed by atoms with E-state index in [-0.39, 0.29) is 30.6 Å². The van der Waals surface area contributed by atoms with Crippen LogP contribution in [0.25, 0.3) is 0 Å². The number of piperidine rings is 1. The predicted molar refractivity (Wildman–Crippen MR) is 89.5 cm³/mol. The molecule has 1 aliphatic rings. The predicted octanol–water partition coefficient (Wildman–Crippen LogP) is 2.38. The molecule has 0 aromatic carbocycles. The second-order valence-electron chi connectivity index (χ2n) is 6.46. The molecule has 144 valence electrons. The third-order valence-corrected chi connectivity index (χ3v) is 4.50. The fourth-order valence-corrected chi connectivity index (χ4v) is 3.19. The first-order valence-corrected chi connectivity index (χ1v) is 8.44. The van der Waals surface area contributed by atoms with Gasteiger partial charge < -0.3 is 10.2 Å². The summed E-state index contributed by atoms with van der Waals surface area (Å²) in [6.45, 7) is 7.80. The molecule has 0 saturated carbocycles. The highest BCUT2D eigenvalue weighted by atomic mass is 19.4. The average Bonchev–Trinajstić information content (AvgIpc) is 2.90. The van der Waals surface area contributed by atoms with Gasteiger partial charge in [0.2, 0.25) is 5.91 Å². The third kappa shape index (κ3) is 4.44. The van der Waals surface area contributed by atoms with Crippen molar-refractivity contribution in [3.05, 3.63) is 29.6 Å². The number of hydrogen-bond donors (Lipinski definition) is 1. The fraction of sp³-hybridized carbons (Fsp3) is 0.588. The van der Waals surface area contributed by atoms with Gasteiger partial charge in [0.25, 0.3) is 5.91 Å². The summed E-state index contributed by atoms with van der Waals surface area (Å²) in [6, 6.07) is 0. The van der Waals surface area contributed by atoms with E-state index < -0.39 is 23.3 Å². The standard InChI is InChI=1S/C17H23F3N4O2/c1-4-7-21-16(26)14-11(2)24(22-15(14)17(18,19)20)10-13-6-5-8-23(9-13)12(3)25/h4,13H,1,5-10H2,2-3H3,(H,21,26). The van der Waals surface area contributed by atoms with Crippen molar-refractivity contribution in [3.8, 4) is 0 Å². The van der Waals surface area contributed by atoms with E-state index in [1.807, 2.05) is 0 Å². The molecule has 1 saturated heterocycles. The minimum atomic E-state index is -4.73. The lowest BCUT2D eigenvalue weighted by atomic mass is 9.98. The molecule has 9 heteroatoms. The van der Waals surface area contributed by atoms with E-state index in [2.05, 4.69) is 17.0 Å². The van der Waals surface area contributed by atoms with Gasteiger partial charge in [-0.2, -0.15) is 18.3 Å². The minimum Gasteiger partial charge on any atom is -0.348 e. The first kappa shape index (κ1) is 20.0. The van der Waals surface area contributed by atoms with Crippen molar-refractivity contribution < 1.29 is 22.8 Å². The van der Waals surface area contributed by atoms with Crippen molar-refractivity contribution in [2.75, 3.05) is 19.6 Å². The molecule has 2 amide bonds. The van der Waals surface area contributed by atoms with Crippen molar-refractivity contribution in [2.24, 2.45) is 5.92 Å². The third-order valence-electron chi connectivity index (χ3n) is 4.50. The Balaban J connectivity index is 2.29. The number of amides is 2. The molecule has 1 unspecified atom stereocenters. The lowest BCUT2D eigenvalue weighted by molar-refractivity contribution is -0.141. The van der Waals surface area contributed by atoms with Crippen LogP contribution in [-0.4, -0.2) is 46.1 Å². The first-order valence-electron chi connectivity index (χ1n) is 8.44. The van der Waals surface area contributed by atoms with Crippen LogP contribution < -0.4 is 5.32 Å². The summed E-state index contributed by atoms with van der Waals surface area (Å²) in [5.74, 6) is -0.876. The van der Waals surface area contributed by atoms with Crippen LogP contribution in [0, 0.1) is 12.8 Å². The maximum Gasteiger partial charge on any atom is 0.435 e. The Labute approximate surface area is 150 Å². The quantitative estimate of drug-likeness (QED) is 0.807. The van der Waals surface area contributed by atoms with Gasteiger partial charge in [-0.25, -0.2) is 0 Å². The number of alkyl halides is 3. The van der Waals surface area contributed by atoms with Crippen LogP contribution in [-0.2, 0) is 17.5 Å². The fourth-order valence-electron chi connectivity index (χ4n) is 3.19. The number of carbonyl (C=O) groups is 2. The van der Waals surface area contributed by atoms with Crippen molar-refractivity contribution in [3.63, 3.8) is 0 Å². The summed E-state index contributed by atoms with van der Waals surface area (Å²) in [4.78, 5) is 25.4. The van der Waals surface area contributed by atoms with Crippen molar-refractivity contribution >= 4 is 11.8 Å². The van der Waals surface area contributed by atoms with Gasteiger partial charge >= 0.3 is 6.18 Å². The Morgan fingerprint density at radius 1 is 1.42 bits per heavy atom. The summed E-state index contributed by atoms with van der Waals surface area (Å²) in [6.07, 6.45) is -1.75. The molecule has 1 N–H and O–H groups in total. The SMILES string of the molecule is C=CCNC(=O)c1c(C(F)(F)F)nn(CC2CCCN(C(C)=O)C2)c1C. The zero-order valence-electron chi connectivity index (χ0n) is 14.9. The maximum absolute atomic E-state index is 13.3. The lowest BCUT2D eigenvalue weighted by Crippen LogP contribution is -2.40. The largest absolute Gasteiger partial charge is 0.435 e. The number of aromatic nitrogens is 2. The van der Waals surface area contributed by atoms with Gasteiger partial charge in [0.15, 0.2) is 5.69 Å². The van der Waals surface area contributed by atoms with Crippen molar-refractivity contribution in [1.29, 1.82) is 0 Å². The van der Waals surface area contributed by atoms with E-state index >= 15 is 0 Å². The Kier molecular flexibility index (Phi) is 6.09. The lowest BCUT2D eigenvalue weighted by Gasteiger charge is -2.32. The van der Waals surface area contributed by atoms with Crippen LogP contribution in [0.2, 0.25) is 0 Å². The highest BCUT2D eigenvalue weighted by molar-refractivity contribution is 5.96. The Morgan fingerprint density at radius 3 is 2.69 bits per heavy atom. The van der Waals surface area contributed by atoms with E-state index in [1.165, 1.54) is 24.6 Å². The molecule has 0 spiro atoms. The summed E-state index contributed by atoms with van der Waals surface area (Å²) >= 11 is 0. The average molecular weight is 372 g/mol. The molecule has 1 atom stereocenters. The summed E-state index contributed by atoms with van der Waals surface area (Å²) in [5.41, 5.74) is -1.48. The van der Waals surface area contributed by atoms with Crippen LogP contribution in [0.1, 0.15) is 41.5 Å². The van der Waals surface area contributed by atoms with Crippen LogP contribution in [0.5, 0.6) is 0 Å². The molecule has 0 aliphatic carbocycles. The van der Waals surface area contributed by atoms with Gasteiger partial charge in [-0.15, -0.1) is 6.58 Å². The molecule has 1 fully saturated rings. The summed E-state index contributed by atoms with van der Waals surface area (Å²) in [5, 5.41) is 6.05. The summed E-state index contributed by atoms with van der Waals surface area (Å²) in [7, 11) is 0. The molecule has 26 heavy (non-hydrogen) atoms. The molecule has 2 heterocycles. The Hall–Kier alpha value is -2.32. The van der Waals surface area contributed by atoms with Crippen LogP contribution in [0.4, 0.5) is 13.2 Å². The van der Waals surface area contributed by atoms with E-state index in [1.54, 1.807) is 4.90 Å². The van der Waals surface area contributed by atoms with E-state index in [9.17, 15) is 22.8 Å². The highest BCUT2D eigenvalue weighted by Gasteiger charge is 2.41. The van der Waals surface area contributed by atoms with E-state index in [4.69, 9.17) is 0 Å². The molecule has 6 nitrogen and oxygen atoms in total. The Morgan fingerprint density at radius 2 is 2.12 bits per heavy atom. The zero-order chi connectivity index (χ0) is 19.5. The maximum atomic E-state index is 13.3. The molecular weight excluding hydrogens is 349 g/mol. The van der Waals surface area contributed by atoms with Gasteiger partial charge in [0.05, 0.1) is 5.56 Å². The second-order valence-corrected chi connectivity index (χ2v) is 6.46. The highest BCUT2D eigenvalue weighted by Crippen LogP contribution is 2.33. The number of likely N-dealkylation sites (tertiary alicyclic amines) is 1. The number of hydrogen-bond acceptors (Lipinski definition) is 3. The topological polar surface area (TPSA) is 67.2 Å². The molecule has 1 aromatic rings. The van der Waals surface area contributed by atoms with Gasteiger partial charge in [-0.1, -0.05) is 6.08 Å². The van der Waals surface area contributed by atoms with E-state index in [0.717, 1.165) is 12.8 Å². The number of carbonyl (C=O) groups excluding carboxylic acids is 2. The molecule has 0 radical (unpaired) electrons. The molecular formula is C17H23F3N4O2. The zero-order valence-corrected chi connectivity index (χ0v) is 14.9. The van der Waals surface area contributed by atoms with E-state index in [0.29, 0.717) is 13.1 Å². The first-order chi connectivity index (χ1) is 12.1. The number of nitrogens with zero attached hydrogens (tertiary/aromatic N) is 3. The summed E-state index contributed by atoms with van der Waals surface area (Å²) < 4.78 is 41.3. The Bertz CT molecular complexity index is 697. The number of nitrogens with one attached hydrogen (secondary N) is 1. The van der Waals surface area contributed by atoms with Gasteiger partial charge in [0, 0.05) is 38.8 Å². The molecule has 2 rings (SSSR count). The molecule has 1 aromatic heterocycles. The monoisotopic (exact) mass is 372 g/mol. The molecule has 1 aliphatic heterocycles. The van der Waals surface area contributed by atoms with Gasteiger partial charge in [0.1, 0.15) is 0 Å². The van der Waals surface area contributed by atoms with Crippen LogP contribution in [0.15, 0.2) is 12.7 Å². The normalized spacial score (nSPS) is 17.9. The minimum absolute atomic E-state index is 0.00331. The van der Waals surface area contributed by atoms with Crippen LogP contribution >= 0.6 is 0 Å². The number of rotatable bonds is 5. The van der Waals surface area contributed by atoms with Crippen molar-refractivity contribution in [2.45, 2.75) is 39.4 Å².